The molecule has 1 aliphatic heterocycles. The molecule has 1 aromatic rings. The summed E-state index contributed by atoms with van der Waals surface area (Å²) >= 11 is 0. The van der Waals surface area contributed by atoms with Gasteiger partial charge in [-0.3, -0.25) is 9.59 Å². The Balaban J connectivity index is 0.00000288. The Bertz CT molecular complexity index is 723. The van der Waals surface area contributed by atoms with Crippen molar-refractivity contribution in [3.8, 4) is 0 Å². The molecule has 24 heavy (non-hydrogen) atoms. The molecule has 2 rings (SSSR count). The van der Waals surface area contributed by atoms with Crippen molar-refractivity contribution in [3.05, 3.63) is 29.3 Å². The minimum Gasteiger partial charge on any atom is -0.383 e. The van der Waals surface area contributed by atoms with Crippen LogP contribution in [-0.4, -0.2) is 57.9 Å². The van der Waals surface area contributed by atoms with Gasteiger partial charge in [-0.05, 0) is 31.2 Å². The lowest BCUT2D eigenvalue weighted by molar-refractivity contribution is 0.0835. The maximum atomic E-state index is 12.4. The van der Waals surface area contributed by atoms with E-state index >= 15 is 0 Å². The summed E-state index contributed by atoms with van der Waals surface area (Å²) in [7, 11) is -2.52. The van der Waals surface area contributed by atoms with Gasteiger partial charge in [0, 0.05) is 19.2 Å². The molecule has 3 N–H and O–H groups in total. The van der Waals surface area contributed by atoms with Gasteiger partial charge in [0.2, 0.25) is 0 Å². The number of nitrogens with one attached hydrogen (secondary N) is 1. The molecule has 0 saturated carbocycles. The van der Waals surface area contributed by atoms with Crippen molar-refractivity contribution < 1.29 is 22.7 Å². The van der Waals surface area contributed by atoms with Gasteiger partial charge < -0.3 is 15.8 Å². The van der Waals surface area contributed by atoms with Crippen molar-refractivity contribution >= 4 is 34.2 Å². The number of hydrogen-bond donors (Lipinski definition) is 2. The largest absolute Gasteiger partial charge is 0.383 e. The number of fused-ring (bicyclic) bond motifs is 1. The molecule has 0 aromatic heterocycles. The SMILES string of the molecule is COCCN1C(=O)c2ccc(C(=O)NCCCN)cc2S1(=O)=O.Cl. The van der Waals surface area contributed by atoms with Crippen molar-refractivity contribution in [1.82, 2.24) is 9.62 Å². The average Bonchev–Trinajstić information content (AvgIpc) is 2.72. The van der Waals surface area contributed by atoms with Crippen molar-refractivity contribution in [3.63, 3.8) is 0 Å². The van der Waals surface area contributed by atoms with Crippen molar-refractivity contribution in [2.24, 2.45) is 5.73 Å². The van der Waals surface area contributed by atoms with E-state index in [9.17, 15) is 18.0 Å². The number of halogens is 1. The van der Waals surface area contributed by atoms with Gasteiger partial charge in [0.05, 0.1) is 18.7 Å². The molecule has 0 fully saturated rings. The van der Waals surface area contributed by atoms with E-state index in [1.807, 2.05) is 0 Å². The summed E-state index contributed by atoms with van der Waals surface area (Å²) in [5.41, 5.74) is 5.60. The molecule has 8 nitrogen and oxygen atoms in total. The smallest absolute Gasteiger partial charge is 0.269 e. The normalized spacial score (nSPS) is 14.9. The first-order chi connectivity index (χ1) is 10.9. The van der Waals surface area contributed by atoms with E-state index in [1.54, 1.807) is 0 Å². The van der Waals surface area contributed by atoms with Crippen LogP contribution in [0.5, 0.6) is 0 Å². The number of ether oxygens (including phenoxy) is 1. The lowest BCUT2D eigenvalue weighted by atomic mass is 10.1. The van der Waals surface area contributed by atoms with Crippen LogP contribution in [0.4, 0.5) is 0 Å². The summed E-state index contributed by atoms with van der Waals surface area (Å²) < 4.78 is 30.5. The van der Waals surface area contributed by atoms with E-state index in [2.05, 4.69) is 5.32 Å². The van der Waals surface area contributed by atoms with E-state index < -0.39 is 21.8 Å². The van der Waals surface area contributed by atoms with Crippen LogP contribution in [0.3, 0.4) is 0 Å². The number of carbonyl (C=O) groups excluding carboxylic acids is 2. The topological polar surface area (TPSA) is 119 Å². The van der Waals surface area contributed by atoms with Gasteiger partial charge in [-0.1, -0.05) is 0 Å². The molecule has 0 saturated heterocycles. The zero-order valence-electron chi connectivity index (χ0n) is 13.1. The van der Waals surface area contributed by atoms with Gasteiger partial charge in [0.1, 0.15) is 4.90 Å². The van der Waals surface area contributed by atoms with Crippen molar-refractivity contribution in [2.45, 2.75) is 11.3 Å². The number of hydrogen-bond acceptors (Lipinski definition) is 6. The van der Waals surface area contributed by atoms with Crippen LogP contribution in [-0.2, 0) is 14.8 Å². The molecule has 134 valence electrons. The van der Waals surface area contributed by atoms with Gasteiger partial charge in [-0.25, -0.2) is 12.7 Å². The molecule has 0 atom stereocenters. The summed E-state index contributed by atoms with van der Waals surface area (Å²) in [6, 6.07) is 4.02. The first-order valence-corrected chi connectivity index (χ1v) is 8.55. The number of amides is 2. The number of nitrogens with zero attached hydrogens (tertiary/aromatic N) is 1. The Morgan fingerprint density at radius 1 is 1.38 bits per heavy atom. The van der Waals surface area contributed by atoms with Crippen molar-refractivity contribution in [1.29, 1.82) is 0 Å². The highest BCUT2D eigenvalue weighted by Gasteiger charge is 2.41. The molecule has 0 radical (unpaired) electrons. The number of benzene rings is 1. The maximum absolute atomic E-state index is 12.4. The number of methoxy groups -OCH3 is 1. The first kappa shape index (κ1) is 20.4. The van der Waals surface area contributed by atoms with E-state index in [0.717, 1.165) is 4.31 Å². The molecule has 1 aliphatic rings. The second-order valence-corrected chi connectivity index (χ2v) is 6.81. The third kappa shape index (κ3) is 3.86. The van der Waals surface area contributed by atoms with Crippen LogP contribution >= 0.6 is 12.4 Å². The van der Waals surface area contributed by atoms with Crippen LogP contribution in [0.25, 0.3) is 0 Å². The van der Waals surface area contributed by atoms with Crippen molar-refractivity contribution in [2.75, 3.05) is 33.4 Å². The molecular weight excluding hydrogens is 358 g/mol. The van der Waals surface area contributed by atoms with Gasteiger partial charge in [0.25, 0.3) is 21.8 Å². The fraction of sp³-hybridized carbons (Fsp3) is 0.429. The lowest BCUT2D eigenvalue weighted by Crippen LogP contribution is -2.33. The molecule has 1 aromatic carbocycles. The minimum atomic E-state index is -3.95. The van der Waals surface area contributed by atoms with Crippen LogP contribution in [0.1, 0.15) is 27.1 Å². The number of carbonyl (C=O) groups is 2. The lowest BCUT2D eigenvalue weighted by Gasteiger charge is -2.13. The fourth-order valence-electron chi connectivity index (χ4n) is 2.22. The summed E-state index contributed by atoms with van der Waals surface area (Å²) in [6.45, 7) is 0.885. The third-order valence-corrected chi connectivity index (χ3v) is 5.26. The van der Waals surface area contributed by atoms with E-state index in [4.69, 9.17) is 10.5 Å². The minimum absolute atomic E-state index is 0. The zero-order valence-corrected chi connectivity index (χ0v) is 14.8. The predicted molar refractivity (Wildman–Crippen MR) is 89.8 cm³/mol. The highest BCUT2D eigenvalue weighted by Crippen LogP contribution is 2.30. The molecule has 0 bridgehead atoms. The zero-order chi connectivity index (χ0) is 17.0. The Hall–Kier alpha value is -1.68. The van der Waals surface area contributed by atoms with Crippen LogP contribution < -0.4 is 11.1 Å². The Morgan fingerprint density at radius 2 is 2.08 bits per heavy atom. The Kier molecular flexibility index (Phi) is 7.15. The van der Waals surface area contributed by atoms with Gasteiger partial charge in [0.15, 0.2) is 0 Å². The predicted octanol–water partition coefficient (Wildman–Crippen LogP) is -0.0221. The van der Waals surface area contributed by atoms with Gasteiger partial charge >= 0.3 is 0 Å². The highest BCUT2D eigenvalue weighted by molar-refractivity contribution is 7.90. The molecular formula is C14H20ClN3O5S. The third-order valence-electron chi connectivity index (χ3n) is 3.43. The van der Waals surface area contributed by atoms with Gasteiger partial charge in [-0.15, -0.1) is 12.4 Å². The number of rotatable bonds is 7. The second kappa shape index (κ2) is 8.43. The maximum Gasteiger partial charge on any atom is 0.269 e. The van der Waals surface area contributed by atoms with E-state index in [-0.39, 0.29) is 41.6 Å². The monoisotopic (exact) mass is 377 g/mol. The summed E-state index contributed by atoms with van der Waals surface area (Å²) in [4.78, 5) is 24.0. The number of sulfonamides is 1. The molecule has 0 aliphatic carbocycles. The molecule has 1 heterocycles. The van der Waals surface area contributed by atoms with Crippen LogP contribution in [0, 0.1) is 0 Å². The standard InChI is InChI=1S/C14H19N3O5S.ClH/c1-22-8-7-17-14(19)11-4-3-10(9-12(11)23(17,20)21)13(18)16-6-2-5-15;/h3-4,9H,2,5-8,15H2,1H3,(H,16,18);1H. The summed E-state index contributed by atoms with van der Waals surface area (Å²) in [5, 5.41) is 2.64. The molecule has 2 amide bonds. The highest BCUT2D eigenvalue weighted by atomic mass is 35.5. The Morgan fingerprint density at radius 3 is 2.71 bits per heavy atom. The summed E-state index contributed by atoms with van der Waals surface area (Å²) in [5.74, 6) is -1.01. The quantitative estimate of drug-likeness (QED) is 0.644. The second-order valence-electron chi connectivity index (χ2n) is 4.98. The van der Waals surface area contributed by atoms with E-state index in [1.165, 1.54) is 25.3 Å². The van der Waals surface area contributed by atoms with Crippen LogP contribution in [0.15, 0.2) is 23.1 Å². The molecule has 0 spiro atoms. The fourth-order valence-corrected chi connectivity index (χ4v) is 3.80. The van der Waals surface area contributed by atoms with Gasteiger partial charge in [-0.2, -0.15) is 0 Å². The molecule has 0 unspecified atom stereocenters. The first-order valence-electron chi connectivity index (χ1n) is 7.11. The van der Waals surface area contributed by atoms with E-state index in [0.29, 0.717) is 19.5 Å². The number of nitrogens with two attached hydrogens (primary N) is 1. The van der Waals surface area contributed by atoms with Crippen LogP contribution in [0.2, 0.25) is 0 Å². The summed E-state index contributed by atoms with van der Waals surface area (Å²) in [6.07, 6.45) is 0.623. The Labute approximate surface area is 146 Å². The average molecular weight is 378 g/mol. The molecule has 10 heteroatoms.